The van der Waals surface area contributed by atoms with Crippen LogP contribution in [0.25, 0.3) is 0 Å². The van der Waals surface area contributed by atoms with Gasteiger partial charge in [0.05, 0.1) is 0 Å². The second kappa shape index (κ2) is 18.2. The van der Waals surface area contributed by atoms with Crippen molar-refractivity contribution in [2.24, 2.45) is 22.9 Å². The van der Waals surface area contributed by atoms with Crippen molar-refractivity contribution < 1.29 is 19.2 Å². The topological polar surface area (TPSA) is 203 Å². The molecule has 0 saturated carbocycles. The number of hydrogen-bond acceptors (Lipinski definition) is 8. The third kappa shape index (κ3) is 12.6. The maximum Gasteiger partial charge on any atom is 0.223 e. The Morgan fingerprint density at radius 2 is 0.944 bits per heavy atom. The van der Waals surface area contributed by atoms with Gasteiger partial charge in [-0.1, -0.05) is 24.3 Å². The van der Waals surface area contributed by atoms with Crippen molar-refractivity contribution in [3.8, 4) is 0 Å². The Kier molecular flexibility index (Phi) is 15.7. The number of benzene rings is 1. The molecular formula is C24H42N8O4. The van der Waals surface area contributed by atoms with Crippen LogP contribution in [-0.2, 0) is 32.3 Å². The van der Waals surface area contributed by atoms with Crippen molar-refractivity contribution in [2.75, 3.05) is 52.4 Å². The second-order valence-electron chi connectivity index (χ2n) is 8.30. The Labute approximate surface area is 213 Å². The van der Waals surface area contributed by atoms with Crippen LogP contribution in [0.4, 0.5) is 0 Å². The van der Waals surface area contributed by atoms with Gasteiger partial charge < -0.3 is 43.4 Å². The molecule has 0 spiro atoms. The van der Waals surface area contributed by atoms with E-state index in [1.165, 1.54) is 0 Å². The summed E-state index contributed by atoms with van der Waals surface area (Å²) >= 11 is 0. The average Bonchev–Trinajstić information content (AvgIpc) is 2.88. The lowest BCUT2D eigenvalue weighted by atomic mass is 10.1. The van der Waals surface area contributed by atoms with Crippen LogP contribution in [0, 0.1) is 0 Å². The molecule has 0 bridgehead atoms. The van der Waals surface area contributed by atoms with E-state index in [0.717, 1.165) is 11.1 Å². The van der Waals surface area contributed by atoms with Gasteiger partial charge in [0, 0.05) is 91.1 Å². The Morgan fingerprint density at radius 1 is 0.583 bits per heavy atom. The van der Waals surface area contributed by atoms with Crippen molar-refractivity contribution >= 4 is 23.6 Å². The van der Waals surface area contributed by atoms with Gasteiger partial charge in [-0.2, -0.15) is 0 Å². The smallest absolute Gasteiger partial charge is 0.223 e. The van der Waals surface area contributed by atoms with E-state index in [9.17, 15) is 19.2 Å². The van der Waals surface area contributed by atoms with E-state index < -0.39 is 0 Å². The molecule has 0 fully saturated rings. The summed E-state index contributed by atoms with van der Waals surface area (Å²) in [6.07, 6.45) is 0.376. The predicted octanol–water partition coefficient (Wildman–Crippen LogP) is -2.03. The van der Waals surface area contributed by atoms with Gasteiger partial charge in [-0.3, -0.25) is 19.2 Å². The Morgan fingerprint density at radius 3 is 1.25 bits per heavy atom. The van der Waals surface area contributed by atoms with E-state index in [2.05, 4.69) is 10.6 Å². The van der Waals surface area contributed by atoms with Crippen LogP contribution in [-0.4, -0.2) is 85.8 Å². The maximum atomic E-state index is 12.6. The largest absolute Gasteiger partial charge is 0.355 e. The fourth-order valence-corrected chi connectivity index (χ4v) is 3.44. The summed E-state index contributed by atoms with van der Waals surface area (Å²) < 4.78 is 0. The summed E-state index contributed by atoms with van der Waals surface area (Å²) in [6, 6.07) is 7.58. The highest BCUT2D eigenvalue weighted by molar-refractivity contribution is 5.84. The van der Waals surface area contributed by atoms with Crippen LogP contribution in [0.5, 0.6) is 0 Å². The van der Waals surface area contributed by atoms with E-state index in [1.807, 2.05) is 24.3 Å². The van der Waals surface area contributed by atoms with Crippen LogP contribution in [0.1, 0.15) is 36.8 Å². The molecule has 1 aromatic rings. The zero-order chi connectivity index (χ0) is 26.8. The minimum Gasteiger partial charge on any atom is -0.355 e. The molecule has 1 aromatic carbocycles. The summed E-state index contributed by atoms with van der Waals surface area (Å²) in [7, 11) is 0. The molecule has 12 heteroatoms. The van der Waals surface area contributed by atoms with E-state index >= 15 is 0 Å². The standard InChI is InChI=1S/C24H42N8O4/c25-9-13-29-21(33)5-7-23(35)31(15-11-27)17-19-1-2-20(4-3-19)18-32(16-12-28)24(36)8-6-22(34)30-14-10-26/h1-4H,5-18,25-28H2,(H,29,33)(H,30,34). The Bertz CT molecular complexity index is 752. The summed E-state index contributed by atoms with van der Waals surface area (Å²) in [4.78, 5) is 52.0. The number of hydrogen-bond donors (Lipinski definition) is 6. The van der Waals surface area contributed by atoms with E-state index in [0.29, 0.717) is 65.4 Å². The third-order valence-electron chi connectivity index (χ3n) is 5.34. The molecule has 10 N–H and O–H groups in total. The highest BCUT2D eigenvalue weighted by Gasteiger charge is 2.17. The lowest BCUT2D eigenvalue weighted by molar-refractivity contribution is -0.134. The summed E-state index contributed by atoms with van der Waals surface area (Å²) in [6.45, 7) is 3.56. The number of rotatable bonds is 18. The maximum absolute atomic E-state index is 12.6. The third-order valence-corrected chi connectivity index (χ3v) is 5.34. The quantitative estimate of drug-likeness (QED) is 0.131. The van der Waals surface area contributed by atoms with Crippen LogP contribution in [0.2, 0.25) is 0 Å². The molecule has 0 aliphatic heterocycles. The predicted molar refractivity (Wildman–Crippen MR) is 138 cm³/mol. The lowest BCUT2D eigenvalue weighted by Gasteiger charge is -2.24. The number of nitrogens with one attached hydrogen (secondary N) is 2. The average molecular weight is 507 g/mol. The normalized spacial score (nSPS) is 10.6. The molecule has 0 unspecified atom stereocenters. The molecule has 4 amide bonds. The highest BCUT2D eigenvalue weighted by Crippen LogP contribution is 2.12. The molecule has 0 saturated heterocycles. The van der Waals surface area contributed by atoms with Crippen LogP contribution in [0.15, 0.2) is 24.3 Å². The number of amides is 4. The fraction of sp³-hybridized carbons (Fsp3) is 0.583. The van der Waals surface area contributed by atoms with E-state index in [1.54, 1.807) is 9.80 Å². The lowest BCUT2D eigenvalue weighted by Crippen LogP contribution is -2.36. The van der Waals surface area contributed by atoms with Crippen molar-refractivity contribution in [1.82, 2.24) is 20.4 Å². The van der Waals surface area contributed by atoms with Gasteiger partial charge in [-0.25, -0.2) is 0 Å². The van der Waals surface area contributed by atoms with E-state index in [4.69, 9.17) is 22.9 Å². The van der Waals surface area contributed by atoms with Crippen LogP contribution in [0.3, 0.4) is 0 Å². The minimum absolute atomic E-state index is 0.0922. The molecule has 0 aliphatic carbocycles. The zero-order valence-electron chi connectivity index (χ0n) is 21.0. The molecular weight excluding hydrogens is 464 g/mol. The van der Waals surface area contributed by atoms with Crippen molar-refractivity contribution in [3.63, 3.8) is 0 Å². The molecule has 36 heavy (non-hydrogen) atoms. The first-order chi connectivity index (χ1) is 17.3. The number of nitrogens with two attached hydrogens (primary N) is 4. The summed E-state index contributed by atoms with van der Waals surface area (Å²) in [5, 5.41) is 5.30. The molecule has 0 aromatic heterocycles. The van der Waals surface area contributed by atoms with Gasteiger partial charge in [-0.05, 0) is 11.1 Å². The van der Waals surface area contributed by atoms with Crippen molar-refractivity contribution in [1.29, 1.82) is 0 Å². The van der Waals surface area contributed by atoms with E-state index in [-0.39, 0.29) is 49.3 Å². The van der Waals surface area contributed by atoms with Gasteiger partial charge in [-0.15, -0.1) is 0 Å². The highest BCUT2D eigenvalue weighted by atomic mass is 16.2. The molecule has 0 aliphatic rings. The Balaban J connectivity index is 2.67. The molecule has 0 heterocycles. The first kappa shape index (κ1) is 31.0. The monoisotopic (exact) mass is 506 g/mol. The first-order valence-corrected chi connectivity index (χ1v) is 12.3. The van der Waals surface area contributed by atoms with Gasteiger partial charge in [0.1, 0.15) is 0 Å². The second-order valence-corrected chi connectivity index (χ2v) is 8.30. The molecule has 202 valence electrons. The zero-order valence-corrected chi connectivity index (χ0v) is 21.0. The Hall–Kier alpha value is -3.06. The van der Waals surface area contributed by atoms with Crippen LogP contribution < -0.4 is 33.6 Å². The van der Waals surface area contributed by atoms with Crippen LogP contribution >= 0.6 is 0 Å². The van der Waals surface area contributed by atoms with Gasteiger partial charge in [0.15, 0.2) is 0 Å². The van der Waals surface area contributed by atoms with Gasteiger partial charge >= 0.3 is 0 Å². The van der Waals surface area contributed by atoms with Crippen molar-refractivity contribution in [2.45, 2.75) is 38.8 Å². The van der Waals surface area contributed by atoms with Gasteiger partial charge in [0.2, 0.25) is 23.6 Å². The fourth-order valence-electron chi connectivity index (χ4n) is 3.44. The van der Waals surface area contributed by atoms with Crippen molar-refractivity contribution in [3.05, 3.63) is 35.4 Å². The summed E-state index contributed by atoms with van der Waals surface area (Å²) in [5.74, 6) is -0.720. The minimum atomic E-state index is -0.210. The van der Waals surface area contributed by atoms with Gasteiger partial charge in [0.25, 0.3) is 0 Å². The SMILES string of the molecule is NCCNC(=O)CCC(=O)N(CCN)Cc1ccc(CN(CCN)C(=O)CCC(=O)NCCN)cc1. The molecule has 1 rings (SSSR count). The number of carbonyl (C=O) groups is 4. The molecule has 0 radical (unpaired) electrons. The first-order valence-electron chi connectivity index (χ1n) is 12.3. The number of carbonyl (C=O) groups excluding carboxylic acids is 4. The number of nitrogens with zero attached hydrogens (tertiary/aromatic N) is 2. The molecule has 12 nitrogen and oxygen atoms in total. The summed E-state index contributed by atoms with van der Waals surface area (Å²) in [5.41, 5.74) is 23.9. The molecule has 0 atom stereocenters.